The van der Waals surface area contributed by atoms with Crippen LogP contribution in [0.3, 0.4) is 0 Å². The molecule has 7 nitrogen and oxygen atoms in total. The van der Waals surface area contributed by atoms with E-state index in [1.807, 2.05) is 18.9 Å². The van der Waals surface area contributed by atoms with Crippen LogP contribution >= 0.6 is 11.3 Å². The summed E-state index contributed by atoms with van der Waals surface area (Å²) in [6.07, 6.45) is 0.696. The predicted octanol–water partition coefficient (Wildman–Crippen LogP) is 0.140. The van der Waals surface area contributed by atoms with Crippen molar-refractivity contribution in [2.24, 2.45) is 5.41 Å². The molecule has 0 saturated carbocycles. The van der Waals surface area contributed by atoms with E-state index in [2.05, 4.69) is 10.1 Å². The van der Waals surface area contributed by atoms with Gasteiger partial charge in [0, 0.05) is 30.8 Å². The Hall–Kier alpha value is -1.51. The summed E-state index contributed by atoms with van der Waals surface area (Å²) >= 11 is 1.31. The molecule has 2 rings (SSSR count). The van der Waals surface area contributed by atoms with Gasteiger partial charge < -0.3 is 15.1 Å². The monoisotopic (exact) mass is 312 g/mol. The zero-order valence-electron chi connectivity index (χ0n) is 12.4. The Balaban J connectivity index is 2.34. The van der Waals surface area contributed by atoms with Crippen molar-refractivity contribution < 1.29 is 10.2 Å². The summed E-state index contributed by atoms with van der Waals surface area (Å²) in [5.74, 6) is 0. The number of hydrogen-bond donors (Lipinski definition) is 2. The van der Waals surface area contributed by atoms with Crippen LogP contribution in [0.1, 0.15) is 19.5 Å². The van der Waals surface area contributed by atoms with Crippen molar-refractivity contribution in [3.63, 3.8) is 0 Å². The third kappa shape index (κ3) is 3.22. The molecule has 0 unspecified atom stereocenters. The summed E-state index contributed by atoms with van der Waals surface area (Å²) in [7, 11) is 1.81. The lowest BCUT2D eigenvalue weighted by Crippen LogP contribution is -2.39. The molecule has 0 aliphatic rings. The van der Waals surface area contributed by atoms with E-state index < -0.39 is 5.41 Å². The average molecular weight is 312 g/mol. The number of nitrogens with zero attached hydrogens (tertiary/aromatic N) is 4. The van der Waals surface area contributed by atoms with Crippen molar-refractivity contribution in [1.82, 2.24) is 14.6 Å². The van der Waals surface area contributed by atoms with Crippen LogP contribution in [0.4, 0.5) is 5.13 Å². The van der Waals surface area contributed by atoms with Crippen molar-refractivity contribution in [3.05, 3.63) is 22.1 Å². The van der Waals surface area contributed by atoms with Gasteiger partial charge in [-0.25, -0.2) is 4.98 Å². The molecule has 0 aromatic carbocycles. The van der Waals surface area contributed by atoms with Crippen LogP contribution < -0.4 is 10.5 Å². The van der Waals surface area contributed by atoms with Crippen molar-refractivity contribution >= 4 is 21.4 Å². The van der Waals surface area contributed by atoms with Gasteiger partial charge in [0.2, 0.25) is 10.1 Å². The molecular formula is C13H20N4O3S. The van der Waals surface area contributed by atoms with Crippen molar-refractivity contribution in [2.75, 3.05) is 31.7 Å². The molecule has 2 N–H and O–H groups in total. The number of aromatic nitrogens is 3. The average Bonchev–Trinajstić information content (AvgIpc) is 2.91. The molecule has 116 valence electrons. The highest BCUT2D eigenvalue weighted by atomic mass is 32.1. The fraction of sp³-hybridized carbons (Fsp3) is 0.615. The van der Waals surface area contributed by atoms with Crippen LogP contribution in [0.5, 0.6) is 0 Å². The van der Waals surface area contributed by atoms with Gasteiger partial charge in [0.25, 0.3) is 5.56 Å². The van der Waals surface area contributed by atoms with Crippen molar-refractivity contribution in [1.29, 1.82) is 0 Å². The number of aliphatic hydroxyl groups excluding tert-OH is 2. The fourth-order valence-corrected chi connectivity index (χ4v) is 2.86. The molecule has 0 aliphatic heterocycles. The Morgan fingerprint density at radius 1 is 1.43 bits per heavy atom. The summed E-state index contributed by atoms with van der Waals surface area (Å²) in [4.78, 5) is 18.7. The van der Waals surface area contributed by atoms with E-state index in [0.29, 0.717) is 23.1 Å². The molecule has 0 bridgehead atoms. The minimum absolute atomic E-state index is 0.128. The highest BCUT2D eigenvalue weighted by Crippen LogP contribution is 2.24. The highest BCUT2D eigenvalue weighted by Gasteiger charge is 2.26. The van der Waals surface area contributed by atoms with Crippen LogP contribution in [-0.2, 0) is 6.42 Å². The maximum atomic E-state index is 12.0. The largest absolute Gasteiger partial charge is 0.396 e. The van der Waals surface area contributed by atoms with Crippen LogP contribution in [0, 0.1) is 5.41 Å². The first-order chi connectivity index (χ1) is 9.92. The lowest BCUT2D eigenvalue weighted by molar-refractivity contribution is 0.0762. The zero-order valence-corrected chi connectivity index (χ0v) is 13.2. The Labute approximate surface area is 126 Å². The summed E-state index contributed by atoms with van der Waals surface area (Å²) in [5, 5.41) is 23.6. The standard InChI is InChI=1S/C13H20N4O3S/c1-4-9-5-10(20)17-11(14-9)21-12(15-17)16(3)6-13(2,7-18)8-19/h5,18-19H,4,6-8H2,1-3H3. The molecule has 2 aromatic rings. The molecular weight excluding hydrogens is 292 g/mol. The van der Waals surface area contributed by atoms with Gasteiger partial charge in [-0.05, 0) is 6.42 Å². The van der Waals surface area contributed by atoms with E-state index in [1.54, 1.807) is 6.92 Å². The van der Waals surface area contributed by atoms with Gasteiger partial charge in [-0.15, -0.1) is 5.10 Å². The van der Waals surface area contributed by atoms with Crippen LogP contribution in [-0.4, -0.2) is 51.6 Å². The van der Waals surface area contributed by atoms with Gasteiger partial charge in [-0.3, -0.25) is 4.79 Å². The fourth-order valence-electron chi connectivity index (χ4n) is 1.97. The molecule has 0 amide bonds. The van der Waals surface area contributed by atoms with Gasteiger partial charge >= 0.3 is 0 Å². The second kappa shape index (κ2) is 6.08. The molecule has 0 saturated heterocycles. The van der Waals surface area contributed by atoms with Crippen LogP contribution in [0.2, 0.25) is 0 Å². The lowest BCUT2D eigenvalue weighted by atomic mass is 9.93. The molecule has 2 aromatic heterocycles. The Morgan fingerprint density at radius 2 is 2.10 bits per heavy atom. The van der Waals surface area contributed by atoms with Crippen LogP contribution in [0.25, 0.3) is 4.96 Å². The van der Waals surface area contributed by atoms with Gasteiger partial charge in [-0.2, -0.15) is 4.52 Å². The third-order valence-corrected chi connectivity index (χ3v) is 4.38. The number of anilines is 1. The van der Waals surface area contributed by atoms with Crippen molar-refractivity contribution in [3.8, 4) is 0 Å². The second-order valence-electron chi connectivity index (χ2n) is 5.50. The maximum Gasteiger partial charge on any atom is 0.275 e. The van der Waals surface area contributed by atoms with E-state index in [0.717, 1.165) is 5.69 Å². The number of rotatable bonds is 6. The minimum atomic E-state index is -0.625. The number of aliphatic hydroxyl groups is 2. The van der Waals surface area contributed by atoms with E-state index in [-0.39, 0.29) is 18.8 Å². The van der Waals surface area contributed by atoms with Crippen molar-refractivity contribution in [2.45, 2.75) is 20.3 Å². The first kappa shape index (κ1) is 15.9. The van der Waals surface area contributed by atoms with Gasteiger partial charge in [0.05, 0.1) is 13.2 Å². The molecule has 21 heavy (non-hydrogen) atoms. The smallest absolute Gasteiger partial charge is 0.275 e. The van der Waals surface area contributed by atoms with Gasteiger partial charge in [0.15, 0.2) is 0 Å². The highest BCUT2D eigenvalue weighted by molar-refractivity contribution is 7.20. The normalized spacial score (nSPS) is 12.0. The quantitative estimate of drug-likeness (QED) is 0.788. The Bertz CT molecular complexity index is 678. The molecule has 2 heterocycles. The molecule has 0 fully saturated rings. The Kier molecular flexibility index (Phi) is 4.60. The number of aryl methyl sites for hydroxylation is 1. The van der Waals surface area contributed by atoms with E-state index in [9.17, 15) is 15.0 Å². The number of fused-ring (bicyclic) bond motifs is 1. The Morgan fingerprint density at radius 3 is 2.67 bits per heavy atom. The molecule has 0 aliphatic carbocycles. The summed E-state index contributed by atoms with van der Waals surface area (Å²) < 4.78 is 1.28. The third-order valence-electron chi connectivity index (χ3n) is 3.36. The lowest BCUT2D eigenvalue weighted by Gasteiger charge is -2.29. The van der Waals surface area contributed by atoms with Crippen LogP contribution in [0.15, 0.2) is 10.9 Å². The summed E-state index contributed by atoms with van der Waals surface area (Å²) in [6.45, 7) is 3.90. The first-order valence-electron chi connectivity index (χ1n) is 6.75. The molecule has 0 radical (unpaired) electrons. The van der Waals surface area contributed by atoms with Gasteiger partial charge in [0.1, 0.15) is 0 Å². The molecule has 0 spiro atoms. The summed E-state index contributed by atoms with van der Waals surface area (Å²) in [6, 6.07) is 1.49. The minimum Gasteiger partial charge on any atom is -0.396 e. The number of hydrogen-bond acceptors (Lipinski definition) is 7. The summed E-state index contributed by atoms with van der Waals surface area (Å²) in [5.41, 5.74) is -0.0761. The molecule has 8 heteroatoms. The second-order valence-corrected chi connectivity index (χ2v) is 6.44. The van der Waals surface area contributed by atoms with E-state index in [4.69, 9.17) is 0 Å². The molecule has 0 atom stereocenters. The topological polar surface area (TPSA) is 91.0 Å². The van der Waals surface area contributed by atoms with E-state index >= 15 is 0 Å². The predicted molar refractivity (Wildman–Crippen MR) is 82.1 cm³/mol. The van der Waals surface area contributed by atoms with E-state index in [1.165, 1.54) is 21.9 Å². The zero-order chi connectivity index (χ0) is 15.6. The SMILES string of the molecule is CCc1cc(=O)n2nc(N(C)CC(C)(CO)CO)sc2n1. The van der Waals surface area contributed by atoms with Gasteiger partial charge in [-0.1, -0.05) is 25.2 Å². The maximum absolute atomic E-state index is 12.0. The first-order valence-corrected chi connectivity index (χ1v) is 7.57.